The van der Waals surface area contributed by atoms with Gasteiger partial charge in [-0.15, -0.1) is 11.3 Å². The second-order valence-electron chi connectivity index (χ2n) is 12.0. The molecule has 2 aliphatic heterocycles. The largest absolute Gasteiger partial charge is 0.363 e. The van der Waals surface area contributed by atoms with Gasteiger partial charge in [-0.3, -0.25) is 4.40 Å². The third kappa shape index (κ3) is 6.32. The Morgan fingerprint density at radius 2 is 1.71 bits per heavy atom. The number of anilines is 1. The molecule has 246 valence electrons. The molecule has 0 bridgehead atoms. The summed E-state index contributed by atoms with van der Waals surface area (Å²) in [5.74, 6) is 1.13. The summed E-state index contributed by atoms with van der Waals surface area (Å²) in [6.45, 7) is 6.91. The van der Waals surface area contributed by atoms with E-state index < -0.39 is 5.54 Å². The molecule has 0 radical (unpaired) electrons. The van der Waals surface area contributed by atoms with E-state index in [2.05, 4.69) is 34.3 Å². The summed E-state index contributed by atoms with van der Waals surface area (Å²) in [6.07, 6.45) is 7.80. The van der Waals surface area contributed by atoms with Crippen molar-refractivity contribution in [3.63, 3.8) is 0 Å². The number of piperazine rings is 1. The van der Waals surface area contributed by atoms with Crippen LogP contribution in [0.4, 0.5) is 15.0 Å². The van der Waals surface area contributed by atoms with Gasteiger partial charge in [0.25, 0.3) is 0 Å². The second-order valence-corrected chi connectivity index (χ2v) is 13.0. The molecule has 1 aromatic carbocycles. The zero-order valence-electron chi connectivity index (χ0n) is 26.6. The number of fused-ring (bicyclic) bond motifs is 1. The van der Waals surface area contributed by atoms with Gasteiger partial charge in [0, 0.05) is 61.5 Å². The van der Waals surface area contributed by atoms with E-state index in [0.717, 1.165) is 65.9 Å². The third-order valence-electron chi connectivity index (χ3n) is 8.94. The van der Waals surface area contributed by atoms with Crippen molar-refractivity contribution < 1.29 is 9.18 Å². The molecule has 14 heteroatoms. The number of amides is 2. The maximum absolute atomic E-state index is 13.5. The van der Waals surface area contributed by atoms with E-state index in [9.17, 15) is 14.4 Å². The Kier molecular flexibility index (Phi) is 8.98. The number of thiazole rings is 1. The van der Waals surface area contributed by atoms with Gasteiger partial charge < -0.3 is 26.2 Å². The minimum atomic E-state index is -0.634. The van der Waals surface area contributed by atoms with E-state index in [-0.39, 0.29) is 11.8 Å². The number of urea groups is 1. The molecule has 6 heterocycles. The lowest BCUT2D eigenvalue weighted by Gasteiger charge is -2.39. The van der Waals surface area contributed by atoms with E-state index in [4.69, 9.17) is 19.9 Å². The van der Waals surface area contributed by atoms with E-state index in [0.29, 0.717) is 54.4 Å². The minimum absolute atomic E-state index is 0.0725. The Morgan fingerprint density at radius 3 is 2.42 bits per heavy atom. The van der Waals surface area contributed by atoms with Gasteiger partial charge >= 0.3 is 6.03 Å². The number of aryl methyl sites for hydroxylation is 1. The Balaban J connectivity index is 1.13. The molecule has 0 unspecified atom stereocenters. The smallest absolute Gasteiger partial charge is 0.318 e. The van der Waals surface area contributed by atoms with Crippen LogP contribution in [0.1, 0.15) is 41.2 Å². The first-order valence-corrected chi connectivity index (χ1v) is 17.0. The molecule has 5 aromatic rings. The number of nitrogens with one attached hydrogen (secondary N) is 4. The molecule has 7 rings (SSSR count). The van der Waals surface area contributed by atoms with Gasteiger partial charge in [-0.1, -0.05) is 6.92 Å². The van der Waals surface area contributed by atoms with Gasteiger partial charge in [0.1, 0.15) is 38.8 Å². The van der Waals surface area contributed by atoms with Crippen LogP contribution in [0, 0.1) is 17.1 Å². The van der Waals surface area contributed by atoms with Gasteiger partial charge in [0.05, 0.1) is 17.9 Å². The molecule has 12 nitrogen and oxygen atoms in total. The summed E-state index contributed by atoms with van der Waals surface area (Å²) in [5, 5.41) is 24.0. The standard InChI is InChI=1S/C34H36FN11OS/c1-2-26-31(39-20-29-43-30(27(17-36)48-29)22-3-6-25(35)7-4-22)46-21-23(5-8-28(46)42-26)24-18-40-32(41-19-24)34(9-11-37-12-10-34)44-33(47)45-15-13-38-14-16-45/h3-8,18-19,21,37-39H,2,9-16,20H2,1H3,(H,44,47). The van der Waals surface area contributed by atoms with Crippen LogP contribution < -0.4 is 21.3 Å². The molecule has 0 aliphatic carbocycles. The van der Waals surface area contributed by atoms with Crippen molar-refractivity contribution in [3.05, 3.63) is 82.2 Å². The molecule has 48 heavy (non-hydrogen) atoms. The predicted molar refractivity (Wildman–Crippen MR) is 182 cm³/mol. The van der Waals surface area contributed by atoms with Gasteiger partial charge in [-0.05, 0) is 68.8 Å². The van der Waals surface area contributed by atoms with E-state index in [1.807, 2.05) is 40.0 Å². The summed E-state index contributed by atoms with van der Waals surface area (Å²) in [4.78, 5) is 34.7. The number of rotatable bonds is 8. The van der Waals surface area contributed by atoms with Crippen molar-refractivity contribution in [2.45, 2.75) is 38.3 Å². The highest BCUT2D eigenvalue weighted by atomic mass is 32.1. The van der Waals surface area contributed by atoms with Crippen molar-refractivity contribution in [2.75, 3.05) is 44.6 Å². The van der Waals surface area contributed by atoms with Crippen molar-refractivity contribution in [2.24, 2.45) is 0 Å². The quantitative estimate of drug-likeness (QED) is 0.191. The molecule has 2 saturated heterocycles. The Morgan fingerprint density at radius 1 is 1.00 bits per heavy atom. The summed E-state index contributed by atoms with van der Waals surface area (Å²) in [7, 11) is 0. The van der Waals surface area contributed by atoms with Gasteiger partial charge in [0.15, 0.2) is 5.82 Å². The first-order chi connectivity index (χ1) is 23.5. The lowest BCUT2D eigenvalue weighted by atomic mass is 9.87. The molecule has 0 atom stereocenters. The van der Waals surface area contributed by atoms with Crippen LogP contribution in [0.25, 0.3) is 28.0 Å². The third-order valence-corrected chi connectivity index (χ3v) is 9.90. The lowest BCUT2D eigenvalue weighted by molar-refractivity contribution is 0.161. The van der Waals surface area contributed by atoms with Gasteiger partial charge in [0.2, 0.25) is 0 Å². The van der Waals surface area contributed by atoms with E-state index in [1.165, 1.54) is 23.5 Å². The maximum atomic E-state index is 13.5. The summed E-state index contributed by atoms with van der Waals surface area (Å²) in [5.41, 5.74) is 4.08. The van der Waals surface area contributed by atoms with Crippen LogP contribution in [-0.2, 0) is 18.5 Å². The Hall–Kier alpha value is -4.97. The van der Waals surface area contributed by atoms with Crippen molar-refractivity contribution in [1.82, 2.24) is 45.2 Å². The average molecular weight is 666 g/mol. The number of hydrogen-bond donors (Lipinski definition) is 4. The first-order valence-electron chi connectivity index (χ1n) is 16.2. The van der Waals surface area contributed by atoms with Crippen LogP contribution >= 0.6 is 11.3 Å². The van der Waals surface area contributed by atoms with Crippen molar-refractivity contribution in [1.29, 1.82) is 5.26 Å². The minimum Gasteiger partial charge on any atom is -0.363 e. The zero-order chi connectivity index (χ0) is 33.1. The molecule has 0 spiro atoms. The van der Waals surface area contributed by atoms with Crippen molar-refractivity contribution in [3.8, 4) is 28.5 Å². The molecule has 0 saturated carbocycles. The Bertz CT molecular complexity index is 1950. The normalized spacial score (nSPS) is 16.1. The first kappa shape index (κ1) is 31.6. The van der Waals surface area contributed by atoms with Crippen LogP contribution in [0.15, 0.2) is 55.0 Å². The number of piperidine rings is 1. The maximum Gasteiger partial charge on any atom is 0.318 e. The topological polar surface area (TPSA) is 148 Å². The van der Waals surface area contributed by atoms with Crippen LogP contribution in [-0.4, -0.2) is 74.5 Å². The van der Waals surface area contributed by atoms with E-state index in [1.54, 1.807) is 12.1 Å². The highest BCUT2D eigenvalue weighted by molar-refractivity contribution is 7.12. The average Bonchev–Trinajstić information content (AvgIpc) is 3.72. The highest BCUT2D eigenvalue weighted by Crippen LogP contribution is 2.32. The lowest BCUT2D eigenvalue weighted by Crippen LogP contribution is -2.58. The van der Waals surface area contributed by atoms with Crippen LogP contribution in [0.5, 0.6) is 0 Å². The summed E-state index contributed by atoms with van der Waals surface area (Å²) in [6, 6.07) is 12.1. The number of imidazole rings is 1. The number of pyridine rings is 1. The number of nitriles is 1. The molecule has 4 aromatic heterocycles. The van der Waals surface area contributed by atoms with Crippen molar-refractivity contribution >= 4 is 28.8 Å². The number of benzene rings is 1. The fourth-order valence-corrected chi connectivity index (χ4v) is 7.13. The van der Waals surface area contributed by atoms with Gasteiger partial charge in [-0.2, -0.15) is 5.26 Å². The fourth-order valence-electron chi connectivity index (χ4n) is 6.31. The molecule has 2 amide bonds. The van der Waals surface area contributed by atoms with Gasteiger partial charge in [-0.25, -0.2) is 29.1 Å². The van der Waals surface area contributed by atoms with Crippen LogP contribution in [0.2, 0.25) is 0 Å². The number of aromatic nitrogens is 5. The molecule has 2 fully saturated rings. The fraction of sp³-hybridized carbons (Fsp3) is 0.353. The number of hydrogen-bond acceptors (Lipinski definition) is 10. The molecule has 4 N–H and O–H groups in total. The number of carbonyl (C=O) groups is 1. The monoisotopic (exact) mass is 665 g/mol. The second kappa shape index (κ2) is 13.6. The predicted octanol–water partition coefficient (Wildman–Crippen LogP) is 4.29. The SMILES string of the molecule is CCc1nc2ccc(-c3cnc(C4(NC(=O)N5CCNCC5)CCNCC4)nc3)cn2c1NCc1nc(-c2ccc(F)cc2)c(C#N)s1. The summed E-state index contributed by atoms with van der Waals surface area (Å²) < 4.78 is 15.5. The number of nitrogens with zero attached hydrogens (tertiary/aromatic N) is 7. The summed E-state index contributed by atoms with van der Waals surface area (Å²) >= 11 is 1.31. The number of halogens is 1. The van der Waals surface area contributed by atoms with E-state index >= 15 is 0 Å². The number of carbonyl (C=O) groups excluding carboxylic acids is 1. The molecular weight excluding hydrogens is 630 g/mol. The molecule has 2 aliphatic rings. The Labute approximate surface area is 281 Å². The molecular formula is C34H36FN11OS. The highest BCUT2D eigenvalue weighted by Gasteiger charge is 2.39. The zero-order valence-corrected chi connectivity index (χ0v) is 27.4. The van der Waals surface area contributed by atoms with Crippen LogP contribution in [0.3, 0.4) is 0 Å².